The van der Waals surface area contributed by atoms with Crippen LogP contribution < -0.4 is 5.32 Å². The normalized spacial score (nSPS) is 13.7. The molecular formula is C7H13NO3. The van der Waals surface area contributed by atoms with Crippen LogP contribution >= 0.6 is 0 Å². The van der Waals surface area contributed by atoms with Gasteiger partial charge in [-0.3, -0.25) is 4.79 Å². The van der Waals surface area contributed by atoms with Crippen LogP contribution in [-0.2, 0) is 9.59 Å². The summed E-state index contributed by atoms with van der Waals surface area (Å²) in [7, 11) is 0. The highest BCUT2D eigenvalue weighted by Gasteiger charge is 2.30. The minimum Gasteiger partial charge on any atom is -0.480 e. The van der Waals surface area contributed by atoms with Crippen molar-refractivity contribution in [2.45, 2.75) is 26.8 Å². The molecule has 0 aromatic carbocycles. The summed E-state index contributed by atoms with van der Waals surface area (Å²) >= 11 is 0. The lowest BCUT2D eigenvalue weighted by molar-refractivity contribution is -0.143. The summed E-state index contributed by atoms with van der Waals surface area (Å²) in [6, 6.07) is -0.819. The van der Waals surface area contributed by atoms with Gasteiger partial charge in [0.2, 0.25) is 6.41 Å². The molecule has 0 aliphatic rings. The fraction of sp³-hybridized carbons (Fsp3) is 0.714. The SMILES string of the molecule is CC(C)(C)[C@@H](NC=O)C(=O)O. The van der Waals surface area contributed by atoms with E-state index in [4.69, 9.17) is 5.11 Å². The molecule has 4 nitrogen and oxygen atoms in total. The number of carbonyl (C=O) groups excluding carboxylic acids is 1. The van der Waals surface area contributed by atoms with Crippen LogP contribution in [0.2, 0.25) is 0 Å². The summed E-state index contributed by atoms with van der Waals surface area (Å²) in [5.41, 5.74) is -0.452. The van der Waals surface area contributed by atoms with Crippen molar-refractivity contribution < 1.29 is 14.7 Å². The van der Waals surface area contributed by atoms with Crippen molar-refractivity contribution in [3.05, 3.63) is 0 Å². The molecule has 0 aromatic heterocycles. The monoisotopic (exact) mass is 159 g/mol. The molecule has 0 spiro atoms. The van der Waals surface area contributed by atoms with E-state index in [1.54, 1.807) is 20.8 Å². The smallest absolute Gasteiger partial charge is 0.326 e. The third-order valence-corrected chi connectivity index (χ3v) is 1.35. The third-order valence-electron chi connectivity index (χ3n) is 1.35. The molecule has 0 heterocycles. The lowest BCUT2D eigenvalue weighted by atomic mass is 9.87. The molecule has 0 aliphatic carbocycles. The highest BCUT2D eigenvalue weighted by atomic mass is 16.4. The minimum atomic E-state index is -1.01. The van der Waals surface area contributed by atoms with Crippen molar-refractivity contribution in [2.75, 3.05) is 0 Å². The van der Waals surface area contributed by atoms with Crippen molar-refractivity contribution in [1.82, 2.24) is 5.32 Å². The molecule has 64 valence electrons. The van der Waals surface area contributed by atoms with Crippen molar-refractivity contribution in [1.29, 1.82) is 0 Å². The molecule has 0 aromatic rings. The first kappa shape index (κ1) is 9.94. The van der Waals surface area contributed by atoms with E-state index in [0.29, 0.717) is 6.41 Å². The topological polar surface area (TPSA) is 66.4 Å². The van der Waals surface area contributed by atoms with Crippen LogP contribution in [-0.4, -0.2) is 23.5 Å². The molecular weight excluding hydrogens is 146 g/mol. The number of carbonyl (C=O) groups is 2. The molecule has 1 amide bonds. The van der Waals surface area contributed by atoms with Gasteiger partial charge in [0.1, 0.15) is 6.04 Å². The van der Waals surface area contributed by atoms with Gasteiger partial charge in [-0.15, -0.1) is 0 Å². The number of nitrogens with one attached hydrogen (secondary N) is 1. The van der Waals surface area contributed by atoms with Gasteiger partial charge in [-0.25, -0.2) is 4.79 Å². The maximum absolute atomic E-state index is 10.5. The maximum atomic E-state index is 10.5. The summed E-state index contributed by atoms with van der Waals surface area (Å²) in [5.74, 6) is -1.01. The first-order chi connectivity index (χ1) is 4.89. The molecule has 4 heteroatoms. The van der Waals surface area contributed by atoms with Gasteiger partial charge >= 0.3 is 5.97 Å². The average Bonchev–Trinajstić information content (AvgIpc) is 1.79. The fourth-order valence-corrected chi connectivity index (χ4v) is 0.760. The Hall–Kier alpha value is -1.06. The lowest BCUT2D eigenvalue weighted by Crippen LogP contribution is -2.45. The molecule has 11 heavy (non-hydrogen) atoms. The third kappa shape index (κ3) is 3.02. The van der Waals surface area contributed by atoms with Gasteiger partial charge in [-0.2, -0.15) is 0 Å². The molecule has 0 unspecified atom stereocenters. The van der Waals surface area contributed by atoms with Crippen LogP contribution in [0.5, 0.6) is 0 Å². The standard InChI is InChI=1S/C7H13NO3/c1-7(2,3)5(6(10)11)8-4-9/h4-5H,1-3H3,(H,8,9)(H,10,11)/t5-/m0/s1. The Bertz CT molecular complexity index is 160. The number of hydrogen-bond acceptors (Lipinski definition) is 2. The van der Waals surface area contributed by atoms with E-state index < -0.39 is 17.4 Å². The number of amides is 1. The minimum absolute atomic E-state index is 0.407. The van der Waals surface area contributed by atoms with E-state index in [0.717, 1.165) is 0 Å². The molecule has 1 atom stereocenters. The lowest BCUT2D eigenvalue weighted by Gasteiger charge is -2.25. The van der Waals surface area contributed by atoms with Crippen LogP contribution in [0.15, 0.2) is 0 Å². The molecule has 0 rings (SSSR count). The Morgan fingerprint density at radius 2 is 2.00 bits per heavy atom. The zero-order valence-electron chi connectivity index (χ0n) is 6.92. The van der Waals surface area contributed by atoms with E-state index in [2.05, 4.69) is 5.32 Å². The second-order valence-corrected chi connectivity index (χ2v) is 3.42. The summed E-state index contributed by atoms with van der Waals surface area (Å²) in [6.45, 7) is 5.26. The van der Waals surface area contributed by atoms with Crippen molar-refractivity contribution >= 4 is 12.4 Å². The number of aliphatic carboxylic acids is 1. The molecule has 0 fully saturated rings. The van der Waals surface area contributed by atoms with Crippen LogP contribution in [0.4, 0.5) is 0 Å². The molecule has 2 N–H and O–H groups in total. The highest BCUT2D eigenvalue weighted by Crippen LogP contribution is 2.18. The quantitative estimate of drug-likeness (QED) is 0.579. The van der Waals surface area contributed by atoms with E-state index >= 15 is 0 Å². The van der Waals surface area contributed by atoms with Crippen LogP contribution in [0.3, 0.4) is 0 Å². The Labute approximate surface area is 65.6 Å². The van der Waals surface area contributed by atoms with Gasteiger partial charge in [0.05, 0.1) is 0 Å². The first-order valence-electron chi connectivity index (χ1n) is 3.32. The summed E-state index contributed by atoms with van der Waals surface area (Å²) in [5, 5.41) is 10.9. The van der Waals surface area contributed by atoms with Gasteiger partial charge < -0.3 is 10.4 Å². The predicted molar refractivity (Wildman–Crippen MR) is 40.1 cm³/mol. The molecule has 0 bridgehead atoms. The van der Waals surface area contributed by atoms with Gasteiger partial charge in [0, 0.05) is 0 Å². The van der Waals surface area contributed by atoms with Gasteiger partial charge in [-0.1, -0.05) is 20.8 Å². The Kier molecular flexibility index (Phi) is 3.04. The Balaban J connectivity index is 4.34. The average molecular weight is 159 g/mol. The van der Waals surface area contributed by atoms with Gasteiger partial charge in [0.15, 0.2) is 0 Å². The largest absolute Gasteiger partial charge is 0.480 e. The number of hydrogen-bond donors (Lipinski definition) is 2. The zero-order chi connectivity index (χ0) is 9.07. The van der Waals surface area contributed by atoms with Crippen LogP contribution in [0, 0.1) is 5.41 Å². The molecule has 0 radical (unpaired) electrons. The van der Waals surface area contributed by atoms with E-state index in [-0.39, 0.29) is 0 Å². The van der Waals surface area contributed by atoms with Crippen LogP contribution in [0.25, 0.3) is 0 Å². The first-order valence-corrected chi connectivity index (χ1v) is 3.32. The summed E-state index contributed by atoms with van der Waals surface area (Å²) in [4.78, 5) is 20.5. The maximum Gasteiger partial charge on any atom is 0.326 e. The highest BCUT2D eigenvalue weighted by molar-refractivity contribution is 5.77. The summed E-state index contributed by atoms with van der Waals surface area (Å²) < 4.78 is 0. The van der Waals surface area contributed by atoms with E-state index in [9.17, 15) is 9.59 Å². The summed E-state index contributed by atoms with van der Waals surface area (Å²) in [6.07, 6.45) is 0.407. The number of carboxylic acids is 1. The predicted octanol–water partition coefficient (Wildman–Crippen LogP) is 0.232. The Morgan fingerprint density at radius 1 is 1.55 bits per heavy atom. The van der Waals surface area contributed by atoms with Gasteiger partial charge in [-0.05, 0) is 5.41 Å². The van der Waals surface area contributed by atoms with Crippen molar-refractivity contribution in [3.8, 4) is 0 Å². The van der Waals surface area contributed by atoms with Gasteiger partial charge in [0.25, 0.3) is 0 Å². The second kappa shape index (κ2) is 3.37. The van der Waals surface area contributed by atoms with E-state index in [1.807, 2.05) is 0 Å². The molecule has 0 saturated carbocycles. The van der Waals surface area contributed by atoms with E-state index in [1.165, 1.54) is 0 Å². The van der Waals surface area contributed by atoms with Crippen molar-refractivity contribution in [3.63, 3.8) is 0 Å². The van der Waals surface area contributed by atoms with Crippen molar-refractivity contribution in [2.24, 2.45) is 5.41 Å². The Morgan fingerprint density at radius 3 is 2.09 bits per heavy atom. The molecule has 0 saturated heterocycles. The number of carboxylic acid groups (broad SMARTS) is 1. The second-order valence-electron chi connectivity index (χ2n) is 3.42. The van der Waals surface area contributed by atoms with Crippen LogP contribution in [0.1, 0.15) is 20.8 Å². The fourth-order valence-electron chi connectivity index (χ4n) is 0.760. The number of rotatable bonds is 3. The molecule has 0 aliphatic heterocycles. The zero-order valence-corrected chi connectivity index (χ0v) is 6.92.